The Kier molecular flexibility index (Phi) is 5.06. The first-order valence-electron chi connectivity index (χ1n) is 5.10. The molecule has 0 N–H and O–H groups in total. The SMILES string of the molecule is CC(C)C(C)N(C)S(=O)(=O)c1cc(Cl)c(Br)s1. The molecule has 98 valence electrons. The van der Waals surface area contributed by atoms with Gasteiger partial charge in [-0.15, -0.1) is 11.3 Å². The topological polar surface area (TPSA) is 37.4 Å². The van der Waals surface area contributed by atoms with Crippen molar-refractivity contribution >= 4 is 48.9 Å². The third kappa shape index (κ3) is 3.23. The first-order chi connectivity index (χ1) is 7.67. The summed E-state index contributed by atoms with van der Waals surface area (Å²) in [6.07, 6.45) is 0. The Morgan fingerprint density at radius 3 is 2.29 bits per heavy atom. The molecule has 17 heavy (non-hydrogen) atoms. The molecule has 1 aromatic heterocycles. The van der Waals surface area contributed by atoms with E-state index in [4.69, 9.17) is 11.6 Å². The molecule has 0 aromatic carbocycles. The lowest BCUT2D eigenvalue weighted by atomic mass is 10.1. The number of sulfonamides is 1. The molecule has 0 bridgehead atoms. The second kappa shape index (κ2) is 5.57. The normalized spacial score (nSPS) is 14.6. The number of hydrogen-bond acceptors (Lipinski definition) is 3. The summed E-state index contributed by atoms with van der Waals surface area (Å²) in [5, 5.41) is 0.430. The van der Waals surface area contributed by atoms with Gasteiger partial charge in [0.25, 0.3) is 10.0 Å². The van der Waals surface area contributed by atoms with Gasteiger partial charge in [-0.05, 0) is 34.8 Å². The molecule has 1 heterocycles. The number of halogens is 2. The summed E-state index contributed by atoms with van der Waals surface area (Å²) in [7, 11) is -1.85. The summed E-state index contributed by atoms with van der Waals surface area (Å²) < 4.78 is 26.9. The van der Waals surface area contributed by atoms with Gasteiger partial charge in [-0.25, -0.2) is 8.42 Å². The molecular weight excluding hydrogens is 346 g/mol. The Hall–Kier alpha value is 0.380. The van der Waals surface area contributed by atoms with Gasteiger partial charge in [0.15, 0.2) is 0 Å². The summed E-state index contributed by atoms with van der Waals surface area (Å²) in [5.74, 6) is 0.258. The first kappa shape index (κ1) is 15.4. The third-order valence-electron chi connectivity index (χ3n) is 2.79. The molecule has 7 heteroatoms. The van der Waals surface area contributed by atoms with E-state index in [2.05, 4.69) is 15.9 Å². The molecule has 0 aliphatic heterocycles. The highest BCUT2D eigenvalue weighted by Crippen LogP contribution is 2.36. The molecular formula is C10H15BrClNO2S2. The molecule has 3 nitrogen and oxygen atoms in total. The fourth-order valence-electron chi connectivity index (χ4n) is 1.23. The van der Waals surface area contributed by atoms with Crippen LogP contribution in [0, 0.1) is 5.92 Å². The molecule has 0 saturated carbocycles. The minimum atomic E-state index is -3.45. The second-order valence-corrected chi connectivity index (χ2v) is 9.19. The van der Waals surface area contributed by atoms with E-state index in [-0.39, 0.29) is 16.2 Å². The van der Waals surface area contributed by atoms with Crippen LogP contribution in [-0.4, -0.2) is 25.8 Å². The molecule has 1 atom stereocenters. The Balaban J connectivity index is 3.11. The lowest BCUT2D eigenvalue weighted by molar-refractivity contribution is 0.316. The van der Waals surface area contributed by atoms with Crippen molar-refractivity contribution in [2.24, 2.45) is 5.92 Å². The highest BCUT2D eigenvalue weighted by atomic mass is 79.9. The van der Waals surface area contributed by atoms with Gasteiger partial charge in [-0.3, -0.25) is 0 Å². The van der Waals surface area contributed by atoms with E-state index >= 15 is 0 Å². The van der Waals surface area contributed by atoms with E-state index in [0.29, 0.717) is 8.81 Å². The van der Waals surface area contributed by atoms with Crippen molar-refractivity contribution in [3.63, 3.8) is 0 Å². The molecule has 0 saturated heterocycles. The Bertz CT molecular complexity index is 479. The van der Waals surface area contributed by atoms with Crippen LogP contribution < -0.4 is 0 Å². The van der Waals surface area contributed by atoms with Gasteiger partial charge < -0.3 is 0 Å². The van der Waals surface area contributed by atoms with Crippen LogP contribution in [0.2, 0.25) is 5.02 Å². The van der Waals surface area contributed by atoms with Crippen LogP contribution in [-0.2, 0) is 10.0 Å². The smallest absolute Gasteiger partial charge is 0.206 e. The van der Waals surface area contributed by atoms with Crippen LogP contribution >= 0.6 is 38.9 Å². The van der Waals surface area contributed by atoms with Gasteiger partial charge in [0.2, 0.25) is 0 Å². The van der Waals surface area contributed by atoms with Crippen molar-refractivity contribution in [2.45, 2.75) is 31.0 Å². The van der Waals surface area contributed by atoms with Crippen molar-refractivity contribution < 1.29 is 8.42 Å². The van der Waals surface area contributed by atoms with Crippen molar-refractivity contribution in [3.8, 4) is 0 Å². The highest BCUT2D eigenvalue weighted by molar-refractivity contribution is 9.11. The summed E-state index contributed by atoms with van der Waals surface area (Å²) in [4.78, 5) is 0. The van der Waals surface area contributed by atoms with Gasteiger partial charge in [0, 0.05) is 13.1 Å². The standard InChI is InChI=1S/C10H15BrClNO2S2/c1-6(2)7(3)13(4)17(14,15)9-5-8(12)10(11)16-9/h5-7H,1-4H3. The zero-order valence-electron chi connectivity index (χ0n) is 10.1. The highest BCUT2D eigenvalue weighted by Gasteiger charge is 2.29. The summed E-state index contributed by atoms with van der Waals surface area (Å²) >= 11 is 10.2. The molecule has 0 fully saturated rings. The number of thiophene rings is 1. The quantitative estimate of drug-likeness (QED) is 0.818. The average molecular weight is 361 g/mol. The molecule has 1 rings (SSSR count). The lowest BCUT2D eigenvalue weighted by Gasteiger charge is -2.26. The summed E-state index contributed by atoms with van der Waals surface area (Å²) in [6, 6.07) is 1.43. The van der Waals surface area contributed by atoms with Gasteiger partial charge >= 0.3 is 0 Å². The van der Waals surface area contributed by atoms with Crippen LogP contribution in [0.5, 0.6) is 0 Å². The molecule has 1 aromatic rings. The minimum Gasteiger partial charge on any atom is -0.206 e. The third-order valence-corrected chi connectivity index (χ3v) is 7.66. The van der Waals surface area contributed by atoms with Crippen LogP contribution in [0.3, 0.4) is 0 Å². The molecule has 0 spiro atoms. The summed E-state index contributed by atoms with van der Waals surface area (Å²) in [6.45, 7) is 5.88. The largest absolute Gasteiger partial charge is 0.252 e. The van der Waals surface area contributed by atoms with Crippen molar-refractivity contribution in [3.05, 3.63) is 14.9 Å². The predicted octanol–water partition coefficient (Wildman–Crippen LogP) is 3.83. The van der Waals surface area contributed by atoms with Crippen LogP contribution in [0.1, 0.15) is 20.8 Å². The Labute approximate surface area is 120 Å². The van der Waals surface area contributed by atoms with Crippen molar-refractivity contribution in [1.29, 1.82) is 0 Å². The molecule has 1 unspecified atom stereocenters. The maximum atomic E-state index is 12.3. The summed E-state index contributed by atoms with van der Waals surface area (Å²) in [5.41, 5.74) is 0. The van der Waals surface area contributed by atoms with Gasteiger partial charge in [-0.1, -0.05) is 25.4 Å². The average Bonchev–Trinajstić information content (AvgIpc) is 2.57. The first-order valence-corrected chi connectivity index (χ1v) is 8.53. The fourth-order valence-corrected chi connectivity index (χ4v) is 5.31. The molecule has 0 aliphatic carbocycles. The van der Waals surface area contributed by atoms with Crippen molar-refractivity contribution in [2.75, 3.05) is 7.05 Å². The van der Waals surface area contributed by atoms with E-state index in [1.165, 1.54) is 10.4 Å². The minimum absolute atomic E-state index is 0.0559. The number of rotatable bonds is 4. The van der Waals surface area contributed by atoms with E-state index < -0.39 is 10.0 Å². The Morgan fingerprint density at radius 2 is 1.94 bits per heavy atom. The second-order valence-electron chi connectivity index (χ2n) is 4.19. The molecule has 0 aliphatic rings. The van der Waals surface area contributed by atoms with E-state index in [0.717, 1.165) is 11.3 Å². The van der Waals surface area contributed by atoms with Gasteiger partial charge in [-0.2, -0.15) is 4.31 Å². The zero-order valence-corrected chi connectivity index (χ0v) is 14.0. The maximum absolute atomic E-state index is 12.3. The van der Waals surface area contributed by atoms with Gasteiger partial charge in [0.05, 0.1) is 8.81 Å². The van der Waals surface area contributed by atoms with Crippen LogP contribution in [0.15, 0.2) is 14.1 Å². The van der Waals surface area contributed by atoms with E-state index in [1.807, 2.05) is 20.8 Å². The number of nitrogens with zero attached hydrogens (tertiary/aromatic N) is 1. The van der Waals surface area contributed by atoms with Crippen LogP contribution in [0.4, 0.5) is 0 Å². The zero-order chi connectivity index (χ0) is 13.4. The molecule has 0 radical (unpaired) electrons. The van der Waals surface area contributed by atoms with Crippen LogP contribution in [0.25, 0.3) is 0 Å². The van der Waals surface area contributed by atoms with Gasteiger partial charge in [0.1, 0.15) is 4.21 Å². The fraction of sp³-hybridized carbons (Fsp3) is 0.600. The lowest BCUT2D eigenvalue weighted by Crippen LogP contribution is -2.37. The maximum Gasteiger partial charge on any atom is 0.252 e. The monoisotopic (exact) mass is 359 g/mol. The predicted molar refractivity (Wildman–Crippen MR) is 76.3 cm³/mol. The Morgan fingerprint density at radius 1 is 1.41 bits per heavy atom. The molecule has 0 amide bonds. The van der Waals surface area contributed by atoms with Crippen molar-refractivity contribution in [1.82, 2.24) is 4.31 Å². The van der Waals surface area contributed by atoms with E-state index in [9.17, 15) is 8.42 Å². The van der Waals surface area contributed by atoms with E-state index in [1.54, 1.807) is 7.05 Å². The number of hydrogen-bond donors (Lipinski definition) is 0.